The lowest BCUT2D eigenvalue weighted by molar-refractivity contribution is 0.0997. The number of anilines is 1. The van der Waals surface area contributed by atoms with E-state index >= 15 is 0 Å². The van der Waals surface area contributed by atoms with E-state index in [4.69, 9.17) is 9.68 Å². The average molecular weight is 345 g/mol. The number of rotatable bonds is 3. The van der Waals surface area contributed by atoms with Gasteiger partial charge in [0.25, 0.3) is 5.91 Å². The number of nitriles is 1. The highest BCUT2D eigenvalue weighted by Crippen LogP contribution is 2.31. The van der Waals surface area contributed by atoms with Crippen LogP contribution in [0.1, 0.15) is 16.1 Å². The Labute approximate surface area is 147 Å². The quantitative estimate of drug-likeness (QED) is 0.585. The molecule has 0 bridgehead atoms. The minimum absolute atomic E-state index is 0.191. The molecule has 0 radical (unpaired) electrons. The zero-order chi connectivity index (χ0) is 17.2. The lowest BCUT2D eigenvalue weighted by atomic mass is 10.2. The minimum Gasteiger partial charge on any atom is -0.448 e. The monoisotopic (exact) mass is 345 g/mol. The molecule has 1 N–H and O–H groups in total. The van der Waals surface area contributed by atoms with Gasteiger partial charge in [0, 0.05) is 5.69 Å². The van der Waals surface area contributed by atoms with Gasteiger partial charge in [-0.05, 0) is 42.5 Å². The van der Waals surface area contributed by atoms with E-state index < -0.39 is 0 Å². The van der Waals surface area contributed by atoms with Crippen LogP contribution in [0, 0.1) is 11.3 Å². The van der Waals surface area contributed by atoms with Crippen LogP contribution in [0.25, 0.3) is 21.0 Å². The van der Waals surface area contributed by atoms with Crippen molar-refractivity contribution in [2.45, 2.75) is 0 Å². The predicted octanol–water partition coefficient (Wildman–Crippen LogP) is 4.68. The first-order valence-electron chi connectivity index (χ1n) is 7.50. The maximum absolute atomic E-state index is 12.3. The number of fused-ring (bicyclic) bond motifs is 1. The Bertz CT molecular complexity index is 1090. The van der Waals surface area contributed by atoms with Crippen molar-refractivity contribution in [1.82, 2.24) is 4.98 Å². The second-order valence-corrected chi connectivity index (χ2v) is 6.33. The number of para-hydroxylation sites is 1. The molecule has 120 valence electrons. The minimum atomic E-state index is -0.373. The lowest BCUT2D eigenvalue weighted by Crippen LogP contribution is -2.10. The molecule has 0 saturated heterocycles. The van der Waals surface area contributed by atoms with Crippen molar-refractivity contribution in [2.75, 3.05) is 5.32 Å². The highest BCUT2D eigenvalue weighted by molar-refractivity contribution is 7.21. The summed E-state index contributed by atoms with van der Waals surface area (Å²) in [4.78, 5) is 16.8. The van der Waals surface area contributed by atoms with Gasteiger partial charge in [-0.15, -0.1) is 11.3 Å². The summed E-state index contributed by atoms with van der Waals surface area (Å²) in [5.74, 6) is 0.371. The lowest BCUT2D eigenvalue weighted by Gasteiger charge is -2.02. The Morgan fingerprint density at radius 3 is 2.84 bits per heavy atom. The number of nitrogens with zero attached hydrogens (tertiary/aromatic N) is 2. The van der Waals surface area contributed by atoms with Crippen molar-refractivity contribution in [3.8, 4) is 16.8 Å². The van der Waals surface area contributed by atoms with Gasteiger partial charge in [-0.25, -0.2) is 4.98 Å². The van der Waals surface area contributed by atoms with Crippen molar-refractivity contribution in [3.05, 3.63) is 72.0 Å². The van der Waals surface area contributed by atoms with Gasteiger partial charge in [0.2, 0.25) is 0 Å². The summed E-state index contributed by atoms with van der Waals surface area (Å²) in [5.41, 5.74) is 1.92. The summed E-state index contributed by atoms with van der Waals surface area (Å²) in [6, 6.07) is 19.9. The largest absolute Gasteiger partial charge is 0.448 e. The summed E-state index contributed by atoms with van der Waals surface area (Å²) in [7, 11) is 0. The molecule has 4 rings (SSSR count). The fraction of sp³-hybridized carbons (Fsp3) is 0. The van der Waals surface area contributed by atoms with Gasteiger partial charge in [-0.1, -0.05) is 18.2 Å². The predicted molar refractivity (Wildman–Crippen MR) is 96.4 cm³/mol. The van der Waals surface area contributed by atoms with Crippen molar-refractivity contribution in [3.63, 3.8) is 0 Å². The smallest absolute Gasteiger partial charge is 0.291 e. The molecule has 4 aromatic rings. The van der Waals surface area contributed by atoms with E-state index in [0.29, 0.717) is 17.0 Å². The molecular formula is C19H11N3O2S. The summed E-state index contributed by atoms with van der Waals surface area (Å²) < 4.78 is 6.72. The third kappa shape index (κ3) is 3.01. The Balaban J connectivity index is 1.58. The Hall–Kier alpha value is -3.43. The highest BCUT2D eigenvalue weighted by Gasteiger charge is 2.15. The highest BCUT2D eigenvalue weighted by atomic mass is 32.1. The van der Waals surface area contributed by atoms with Gasteiger partial charge >= 0.3 is 0 Å². The summed E-state index contributed by atoms with van der Waals surface area (Å²) in [6.45, 7) is 0. The van der Waals surface area contributed by atoms with Crippen LogP contribution in [0.4, 0.5) is 5.69 Å². The van der Waals surface area contributed by atoms with Crippen LogP contribution in [0.3, 0.4) is 0 Å². The number of nitrogens with one attached hydrogen (secondary N) is 1. The molecule has 0 aliphatic heterocycles. The fourth-order valence-electron chi connectivity index (χ4n) is 2.41. The summed E-state index contributed by atoms with van der Waals surface area (Å²) in [5, 5.41) is 12.4. The second kappa shape index (κ2) is 6.23. The first-order valence-corrected chi connectivity index (χ1v) is 8.32. The van der Waals surface area contributed by atoms with Gasteiger partial charge in [-0.2, -0.15) is 5.26 Å². The molecule has 0 aliphatic rings. The first kappa shape index (κ1) is 15.1. The van der Waals surface area contributed by atoms with E-state index in [1.54, 1.807) is 36.4 Å². The molecule has 1 amide bonds. The van der Waals surface area contributed by atoms with Crippen LogP contribution in [-0.4, -0.2) is 10.9 Å². The Kier molecular flexibility index (Phi) is 3.77. The maximum Gasteiger partial charge on any atom is 0.291 e. The number of hydrogen-bond acceptors (Lipinski definition) is 5. The maximum atomic E-state index is 12.3. The normalized spacial score (nSPS) is 10.5. The van der Waals surface area contributed by atoms with E-state index in [9.17, 15) is 4.79 Å². The molecule has 25 heavy (non-hydrogen) atoms. The van der Waals surface area contributed by atoms with E-state index in [1.807, 2.05) is 30.3 Å². The topological polar surface area (TPSA) is 78.9 Å². The number of carbonyl (C=O) groups excluding carboxylic acids is 1. The SMILES string of the molecule is N#Cc1cccc(NC(=O)c2ccc(-c3nc4ccccc4s3)o2)c1. The molecule has 0 saturated carbocycles. The van der Waals surface area contributed by atoms with Crippen molar-refractivity contribution in [1.29, 1.82) is 5.26 Å². The number of hydrogen-bond donors (Lipinski definition) is 1. The van der Waals surface area contributed by atoms with Gasteiger partial charge in [0.1, 0.15) is 0 Å². The number of aromatic nitrogens is 1. The van der Waals surface area contributed by atoms with Gasteiger partial charge in [0.15, 0.2) is 16.5 Å². The Morgan fingerprint density at radius 2 is 2.00 bits per heavy atom. The number of thiazole rings is 1. The summed E-state index contributed by atoms with van der Waals surface area (Å²) in [6.07, 6.45) is 0. The molecule has 0 unspecified atom stereocenters. The zero-order valence-corrected chi connectivity index (χ0v) is 13.7. The summed E-state index contributed by atoms with van der Waals surface area (Å²) >= 11 is 1.51. The van der Waals surface area contributed by atoms with Crippen LogP contribution in [0.15, 0.2) is 65.1 Å². The van der Waals surface area contributed by atoms with E-state index in [2.05, 4.69) is 10.3 Å². The van der Waals surface area contributed by atoms with Crippen LogP contribution in [-0.2, 0) is 0 Å². The fourth-order valence-corrected chi connectivity index (χ4v) is 3.34. The molecule has 5 nitrogen and oxygen atoms in total. The number of benzene rings is 2. The molecule has 0 fully saturated rings. The number of carbonyl (C=O) groups is 1. The van der Waals surface area contributed by atoms with Crippen LogP contribution >= 0.6 is 11.3 Å². The third-order valence-corrected chi connectivity index (χ3v) is 4.63. The van der Waals surface area contributed by atoms with Gasteiger partial charge in [-0.3, -0.25) is 4.79 Å². The third-order valence-electron chi connectivity index (χ3n) is 3.58. The van der Waals surface area contributed by atoms with Crippen LogP contribution in [0.2, 0.25) is 0 Å². The molecule has 2 heterocycles. The molecule has 0 spiro atoms. The van der Waals surface area contributed by atoms with Gasteiger partial charge < -0.3 is 9.73 Å². The average Bonchev–Trinajstić information content (AvgIpc) is 3.28. The zero-order valence-electron chi connectivity index (χ0n) is 12.9. The van der Waals surface area contributed by atoms with Crippen LogP contribution in [0.5, 0.6) is 0 Å². The number of amides is 1. The van der Waals surface area contributed by atoms with Crippen molar-refractivity contribution < 1.29 is 9.21 Å². The van der Waals surface area contributed by atoms with E-state index in [0.717, 1.165) is 15.2 Å². The molecule has 0 aliphatic carbocycles. The molecule has 2 aromatic heterocycles. The molecular weight excluding hydrogens is 334 g/mol. The van der Waals surface area contributed by atoms with Crippen molar-refractivity contribution >= 4 is 33.1 Å². The molecule has 2 aromatic carbocycles. The van der Waals surface area contributed by atoms with Gasteiger partial charge in [0.05, 0.1) is 21.8 Å². The second-order valence-electron chi connectivity index (χ2n) is 5.30. The standard InChI is InChI=1S/C19H11N3O2S/c20-11-12-4-3-5-13(10-12)21-18(23)15-8-9-16(24-15)19-22-14-6-1-2-7-17(14)25-19/h1-10H,(H,21,23). The molecule has 6 heteroatoms. The Morgan fingerprint density at radius 1 is 1.12 bits per heavy atom. The van der Waals surface area contributed by atoms with E-state index in [1.165, 1.54) is 11.3 Å². The van der Waals surface area contributed by atoms with E-state index in [-0.39, 0.29) is 11.7 Å². The van der Waals surface area contributed by atoms with Crippen LogP contribution < -0.4 is 5.32 Å². The van der Waals surface area contributed by atoms with Crippen molar-refractivity contribution in [2.24, 2.45) is 0 Å². The number of furan rings is 1. The molecule has 0 atom stereocenters. The first-order chi connectivity index (χ1) is 12.2.